The van der Waals surface area contributed by atoms with E-state index in [0.29, 0.717) is 47.2 Å². The van der Waals surface area contributed by atoms with Crippen molar-refractivity contribution in [1.82, 2.24) is 9.80 Å². The molecule has 10 heteroatoms. The molecule has 0 bridgehead atoms. The monoisotopic (exact) mass is 530 g/mol. The number of ether oxygens (including phenoxy) is 2. The first kappa shape index (κ1) is 28.3. The molecular formula is C27H35ClN4O5. The molecule has 3 atom stereocenters. The van der Waals surface area contributed by atoms with Crippen LogP contribution in [0.3, 0.4) is 0 Å². The largest absolute Gasteiger partial charge is 0.491 e. The highest BCUT2D eigenvalue weighted by Crippen LogP contribution is 2.27. The number of hydrogen-bond donors (Lipinski definition) is 2. The zero-order valence-corrected chi connectivity index (χ0v) is 22.7. The quantitative estimate of drug-likeness (QED) is 0.595. The molecule has 0 radical (unpaired) electrons. The van der Waals surface area contributed by atoms with Crippen molar-refractivity contribution in [2.75, 3.05) is 44.5 Å². The Bertz CT molecular complexity index is 1110. The van der Waals surface area contributed by atoms with Crippen LogP contribution in [0, 0.1) is 5.92 Å². The van der Waals surface area contributed by atoms with Crippen molar-refractivity contribution >= 4 is 40.8 Å². The number of carbonyl (C=O) groups excluding carboxylic acids is 3. The van der Waals surface area contributed by atoms with E-state index in [4.69, 9.17) is 21.1 Å². The first-order valence-corrected chi connectivity index (χ1v) is 12.7. The summed E-state index contributed by atoms with van der Waals surface area (Å²) in [6.07, 6.45) is 0.120. The highest BCUT2D eigenvalue weighted by molar-refractivity contribution is 6.30. The Morgan fingerprint density at radius 3 is 2.38 bits per heavy atom. The fourth-order valence-corrected chi connectivity index (χ4v) is 4.35. The van der Waals surface area contributed by atoms with Gasteiger partial charge in [0.25, 0.3) is 5.91 Å². The summed E-state index contributed by atoms with van der Waals surface area (Å²) in [5.41, 5.74) is 1.39. The third-order valence-electron chi connectivity index (χ3n) is 6.43. The van der Waals surface area contributed by atoms with Crippen molar-refractivity contribution in [3.8, 4) is 5.75 Å². The Kier molecular flexibility index (Phi) is 9.77. The van der Waals surface area contributed by atoms with Crippen LogP contribution in [-0.4, -0.2) is 73.6 Å². The number of carbonyl (C=O) groups is 3. The molecule has 1 heterocycles. The number of anilines is 2. The van der Waals surface area contributed by atoms with E-state index in [1.54, 1.807) is 66.4 Å². The second-order valence-corrected chi connectivity index (χ2v) is 9.73. The molecule has 0 aromatic heterocycles. The summed E-state index contributed by atoms with van der Waals surface area (Å²) in [6.45, 7) is 6.78. The average Bonchev–Trinajstić information content (AvgIpc) is 2.88. The lowest BCUT2D eigenvalue weighted by Crippen LogP contribution is -2.48. The van der Waals surface area contributed by atoms with Gasteiger partial charge in [-0.1, -0.05) is 25.4 Å². The number of amides is 4. The van der Waals surface area contributed by atoms with Crippen molar-refractivity contribution < 1.29 is 23.9 Å². The van der Waals surface area contributed by atoms with Crippen molar-refractivity contribution in [1.29, 1.82) is 0 Å². The Morgan fingerprint density at radius 1 is 1.08 bits per heavy atom. The third-order valence-corrected chi connectivity index (χ3v) is 6.68. The molecule has 9 nitrogen and oxygen atoms in total. The molecule has 200 valence electrons. The van der Waals surface area contributed by atoms with E-state index >= 15 is 0 Å². The smallest absolute Gasteiger partial charge is 0.323 e. The van der Waals surface area contributed by atoms with Crippen molar-refractivity contribution in [3.63, 3.8) is 0 Å². The second kappa shape index (κ2) is 12.8. The predicted octanol–water partition coefficient (Wildman–Crippen LogP) is 4.73. The number of fused-ring (bicyclic) bond motifs is 1. The standard InChI is InChI=1S/C27H35ClN4O5/c1-6-25(33)32-14-17(2)24(36-5)15-31(4)26(34)22-12-11-21(13-23(22)37-16-18(32)3)30-27(35)29-20-9-7-19(28)8-10-20/h7-13,17-18,24H,6,14-16H2,1-5H3,(H2,29,30,35)/t17-,18-,24+/m1/s1. The number of halogens is 1. The number of likely N-dealkylation sites (N-methyl/N-ethyl adjacent to an activating group) is 1. The maximum absolute atomic E-state index is 13.3. The highest BCUT2D eigenvalue weighted by Gasteiger charge is 2.30. The van der Waals surface area contributed by atoms with Crippen LogP contribution >= 0.6 is 11.6 Å². The van der Waals surface area contributed by atoms with Gasteiger partial charge in [0, 0.05) is 62.0 Å². The molecule has 0 saturated carbocycles. The first-order valence-electron chi connectivity index (χ1n) is 12.3. The maximum Gasteiger partial charge on any atom is 0.323 e. The lowest BCUT2D eigenvalue weighted by atomic mass is 10.0. The molecule has 2 aromatic rings. The predicted molar refractivity (Wildman–Crippen MR) is 144 cm³/mol. The van der Waals surface area contributed by atoms with Crippen LogP contribution in [0.15, 0.2) is 42.5 Å². The lowest BCUT2D eigenvalue weighted by molar-refractivity contribution is -0.135. The van der Waals surface area contributed by atoms with Crippen molar-refractivity contribution in [2.24, 2.45) is 5.92 Å². The van der Waals surface area contributed by atoms with Gasteiger partial charge >= 0.3 is 6.03 Å². The molecule has 0 aliphatic carbocycles. The number of nitrogens with zero attached hydrogens (tertiary/aromatic N) is 2. The van der Waals surface area contributed by atoms with E-state index < -0.39 is 6.03 Å². The van der Waals surface area contributed by atoms with Gasteiger partial charge in [-0.05, 0) is 43.3 Å². The number of nitrogens with one attached hydrogen (secondary N) is 2. The zero-order chi connectivity index (χ0) is 27.1. The minimum absolute atomic E-state index is 0.00262. The van der Waals surface area contributed by atoms with Crippen molar-refractivity contribution in [2.45, 2.75) is 39.3 Å². The summed E-state index contributed by atoms with van der Waals surface area (Å²) in [6, 6.07) is 10.9. The molecule has 0 unspecified atom stereocenters. The number of hydrogen-bond acceptors (Lipinski definition) is 5. The number of rotatable bonds is 4. The zero-order valence-electron chi connectivity index (χ0n) is 21.9. The van der Waals surface area contributed by atoms with Gasteiger partial charge in [0.05, 0.1) is 17.7 Å². The molecule has 0 saturated heterocycles. The van der Waals surface area contributed by atoms with Crippen LogP contribution in [0.2, 0.25) is 5.02 Å². The van der Waals surface area contributed by atoms with Crippen LogP contribution < -0.4 is 15.4 Å². The minimum Gasteiger partial charge on any atom is -0.491 e. The van der Waals surface area contributed by atoms with Crippen LogP contribution in [0.25, 0.3) is 0 Å². The molecule has 1 aliphatic heterocycles. The molecule has 3 rings (SSSR count). The molecule has 1 aliphatic rings. The van der Waals surface area contributed by atoms with Crippen LogP contribution in [0.5, 0.6) is 5.75 Å². The van der Waals surface area contributed by atoms with Gasteiger partial charge in [-0.15, -0.1) is 0 Å². The minimum atomic E-state index is -0.455. The molecule has 2 aromatic carbocycles. The lowest BCUT2D eigenvalue weighted by Gasteiger charge is -2.36. The summed E-state index contributed by atoms with van der Waals surface area (Å²) in [5, 5.41) is 6.07. The van der Waals surface area contributed by atoms with E-state index in [-0.39, 0.29) is 36.5 Å². The Balaban J connectivity index is 1.88. The Morgan fingerprint density at radius 2 is 1.73 bits per heavy atom. The highest BCUT2D eigenvalue weighted by atomic mass is 35.5. The number of benzene rings is 2. The van der Waals surface area contributed by atoms with Crippen molar-refractivity contribution in [3.05, 3.63) is 53.1 Å². The Hall–Kier alpha value is -3.30. The first-order chi connectivity index (χ1) is 17.6. The molecule has 4 amide bonds. The van der Waals surface area contributed by atoms with E-state index in [1.807, 2.05) is 20.8 Å². The van der Waals surface area contributed by atoms with Gasteiger partial charge in [-0.2, -0.15) is 0 Å². The number of methoxy groups -OCH3 is 1. The summed E-state index contributed by atoms with van der Waals surface area (Å²) in [4.78, 5) is 42.0. The molecule has 0 spiro atoms. The van der Waals surface area contributed by atoms with Gasteiger partial charge < -0.3 is 29.9 Å². The van der Waals surface area contributed by atoms with Gasteiger partial charge in [-0.25, -0.2) is 4.79 Å². The van der Waals surface area contributed by atoms with Gasteiger partial charge in [-0.3, -0.25) is 9.59 Å². The van der Waals surface area contributed by atoms with Crippen LogP contribution in [0.4, 0.5) is 16.2 Å². The van der Waals surface area contributed by atoms with E-state index in [1.165, 1.54) is 0 Å². The second-order valence-electron chi connectivity index (χ2n) is 9.29. The molecular weight excluding hydrogens is 496 g/mol. The van der Waals surface area contributed by atoms with E-state index in [2.05, 4.69) is 10.6 Å². The summed E-state index contributed by atoms with van der Waals surface area (Å²) in [7, 11) is 3.32. The van der Waals surface area contributed by atoms with E-state index in [0.717, 1.165) is 0 Å². The SMILES string of the molecule is CCC(=O)N1C[C@@H](C)[C@@H](OC)CN(C)C(=O)c2ccc(NC(=O)Nc3ccc(Cl)cc3)cc2OC[C@H]1C. The number of urea groups is 1. The average molecular weight is 531 g/mol. The normalized spacial score (nSPS) is 20.7. The summed E-state index contributed by atoms with van der Waals surface area (Å²) in [5.74, 6) is 0.118. The topological polar surface area (TPSA) is 100 Å². The van der Waals surface area contributed by atoms with Crippen LogP contribution in [-0.2, 0) is 9.53 Å². The fraction of sp³-hybridized carbons (Fsp3) is 0.444. The summed E-state index contributed by atoms with van der Waals surface area (Å²) < 4.78 is 11.8. The molecule has 37 heavy (non-hydrogen) atoms. The van der Waals surface area contributed by atoms with Gasteiger partial charge in [0.15, 0.2) is 0 Å². The van der Waals surface area contributed by atoms with Crippen LogP contribution in [0.1, 0.15) is 37.6 Å². The third kappa shape index (κ3) is 7.36. The maximum atomic E-state index is 13.3. The van der Waals surface area contributed by atoms with Gasteiger partial charge in [0.1, 0.15) is 12.4 Å². The fourth-order valence-electron chi connectivity index (χ4n) is 4.23. The van der Waals surface area contributed by atoms with E-state index in [9.17, 15) is 14.4 Å². The Labute approximate surface area is 223 Å². The molecule has 0 fully saturated rings. The van der Waals surface area contributed by atoms with Gasteiger partial charge in [0.2, 0.25) is 5.91 Å². The molecule has 2 N–H and O–H groups in total. The summed E-state index contributed by atoms with van der Waals surface area (Å²) >= 11 is 5.90.